The lowest BCUT2D eigenvalue weighted by Gasteiger charge is -2.16. The maximum Gasteiger partial charge on any atom is 0.325 e. The number of amides is 3. The number of rotatable bonds is 7. The van der Waals surface area contributed by atoms with E-state index in [9.17, 15) is 19.2 Å². The fraction of sp³-hybridized carbons (Fsp3) is 0.273. The van der Waals surface area contributed by atoms with Crippen LogP contribution in [0.3, 0.4) is 0 Å². The molecule has 156 valence electrons. The number of anilines is 1. The van der Waals surface area contributed by atoms with Crippen molar-refractivity contribution in [3.05, 3.63) is 65.2 Å². The minimum atomic E-state index is -0.538. The Morgan fingerprint density at radius 3 is 2.47 bits per heavy atom. The molecule has 0 spiro atoms. The van der Waals surface area contributed by atoms with Gasteiger partial charge in [-0.25, -0.2) is 0 Å². The maximum absolute atomic E-state index is 12.6. The summed E-state index contributed by atoms with van der Waals surface area (Å²) < 4.78 is 4.47. The van der Waals surface area contributed by atoms with E-state index in [-0.39, 0.29) is 18.4 Å². The van der Waals surface area contributed by atoms with Crippen LogP contribution in [-0.2, 0) is 20.9 Å². The van der Waals surface area contributed by atoms with Crippen LogP contribution in [0.15, 0.2) is 48.5 Å². The van der Waals surface area contributed by atoms with Gasteiger partial charge in [0.15, 0.2) is 0 Å². The second-order valence-electron chi connectivity index (χ2n) is 6.91. The lowest BCUT2D eigenvalue weighted by atomic mass is 10.1. The highest BCUT2D eigenvalue weighted by Crippen LogP contribution is 2.16. The van der Waals surface area contributed by atoms with Crippen LogP contribution in [0.2, 0.25) is 0 Å². The van der Waals surface area contributed by atoms with Crippen molar-refractivity contribution in [1.82, 2.24) is 10.2 Å². The van der Waals surface area contributed by atoms with Gasteiger partial charge in [0.1, 0.15) is 6.54 Å². The second kappa shape index (κ2) is 9.69. The van der Waals surface area contributed by atoms with E-state index in [4.69, 9.17) is 0 Å². The Morgan fingerprint density at radius 1 is 1.03 bits per heavy atom. The molecule has 0 unspecified atom stereocenters. The number of nitrogens with one attached hydrogen (secondary N) is 2. The van der Waals surface area contributed by atoms with Crippen molar-refractivity contribution in [2.24, 2.45) is 0 Å². The van der Waals surface area contributed by atoms with E-state index in [0.29, 0.717) is 29.8 Å². The number of carbonyl (C=O) groups excluding carboxylic acids is 4. The van der Waals surface area contributed by atoms with Gasteiger partial charge in [-0.15, -0.1) is 0 Å². The second-order valence-corrected chi connectivity index (χ2v) is 6.91. The predicted octanol–water partition coefficient (Wildman–Crippen LogP) is 1.96. The van der Waals surface area contributed by atoms with E-state index < -0.39 is 11.9 Å². The summed E-state index contributed by atoms with van der Waals surface area (Å²) in [5.41, 5.74) is 2.27. The fourth-order valence-electron chi connectivity index (χ4n) is 3.14. The number of carbonyl (C=O) groups is 4. The average Bonchev–Trinajstić information content (AvgIpc) is 3.16. The summed E-state index contributed by atoms with van der Waals surface area (Å²) >= 11 is 0. The number of likely N-dealkylation sites (tertiary alicyclic amines) is 1. The van der Waals surface area contributed by atoms with E-state index in [1.807, 2.05) is 6.07 Å². The first-order chi connectivity index (χ1) is 14.5. The summed E-state index contributed by atoms with van der Waals surface area (Å²) in [4.78, 5) is 49.2. The highest BCUT2D eigenvalue weighted by molar-refractivity contribution is 6.04. The highest BCUT2D eigenvalue weighted by Gasteiger charge is 2.20. The first-order valence-corrected chi connectivity index (χ1v) is 9.59. The molecule has 1 aliphatic heterocycles. The number of esters is 1. The van der Waals surface area contributed by atoms with Gasteiger partial charge in [-0.1, -0.05) is 12.1 Å². The van der Waals surface area contributed by atoms with Crippen molar-refractivity contribution in [1.29, 1.82) is 0 Å². The van der Waals surface area contributed by atoms with Crippen molar-refractivity contribution in [2.45, 2.75) is 19.4 Å². The Bertz CT molecular complexity index is 956. The lowest BCUT2D eigenvalue weighted by Crippen LogP contribution is -2.30. The average molecular weight is 409 g/mol. The zero-order valence-electron chi connectivity index (χ0n) is 16.6. The molecule has 1 fully saturated rings. The molecule has 0 bridgehead atoms. The topological polar surface area (TPSA) is 105 Å². The van der Waals surface area contributed by atoms with Gasteiger partial charge in [0.2, 0.25) is 5.91 Å². The van der Waals surface area contributed by atoms with Gasteiger partial charge < -0.3 is 20.3 Å². The Balaban J connectivity index is 1.59. The number of hydrogen-bond donors (Lipinski definition) is 2. The van der Waals surface area contributed by atoms with Gasteiger partial charge in [-0.3, -0.25) is 19.2 Å². The standard InChI is InChI=1S/C22H23N3O5/c1-30-20(27)13-23-21(28)16-7-9-18(10-8-16)24-22(29)17-5-2-4-15(12-17)14-25-11-3-6-19(25)26/h2,4-5,7-10,12H,3,6,11,13-14H2,1H3,(H,23,28)(H,24,29). The molecular weight excluding hydrogens is 386 g/mol. The number of methoxy groups -OCH3 is 1. The van der Waals surface area contributed by atoms with Crippen LogP contribution in [0.5, 0.6) is 0 Å². The molecule has 30 heavy (non-hydrogen) atoms. The monoisotopic (exact) mass is 409 g/mol. The third-order valence-corrected chi connectivity index (χ3v) is 4.76. The van der Waals surface area contributed by atoms with Crippen LogP contribution in [0.1, 0.15) is 39.1 Å². The van der Waals surface area contributed by atoms with Gasteiger partial charge in [0.05, 0.1) is 7.11 Å². The molecular formula is C22H23N3O5. The van der Waals surface area contributed by atoms with Gasteiger partial charge in [-0.05, 0) is 48.4 Å². The number of ether oxygens (including phenoxy) is 1. The van der Waals surface area contributed by atoms with Crippen LogP contribution < -0.4 is 10.6 Å². The number of benzene rings is 2. The molecule has 3 amide bonds. The summed E-state index contributed by atoms with van der Waals surface area (Å²) in [6, 6.07) is 13.5. The zero-order valence-corrected chi connectivity index (χ0v) is 16.6. The Kier molecular flexibility index (Phi) is 6.79. The van der Waals surface area contributed by atoms with Gasteiger partial charge in [-0.2, -0.15) is 0 Å². The highest BCUT2D eigenvalue weighted by atomic mass is 16.5. The van der Waals surface area contributed by atoms with Gasteiger partial charge in [0.25, 0.3) is 11.8 Å². The van der Waals surface area contributed by atoms with Crippen molar-refractivity contribution in [3.8, 4) is 0 Å². The zero-order chi connectivity index (χ0) is 21.5. The molecule has 1 saturated heterocycles. The normalized spacial score (nSPS) is 13.1. The Morgan fingerprint density at radius 2 is 1.80 bits per heavy atom. The third-order valence-electron chi connectivity index (χ3n) is 4.76. The van der Waals surface area contributed by atoms with E-state index in [2.05, 4.69) is 15.4 Å². The van der Waals surface area contributed by atoms with Crippen LogP contribution >= 0.6 is 0 Å². The van der Waals surface area contributed by atoms with E-state index in [1.165, 1.54) is 7.11 Å². The van der Waals surface area contributed by atoms with Crippen LogP contribution in [0.25, 0.3) is 0 Å². The molecule has 0 aliphatic carbocycles. The summed E-state index contributed by atoms with van der Waals surface area (Å²) in [6.45, 7) is 1.03. The molecule has 2 aromatic carbocycles. The molecule has 3 rings (SSSR count). The SMILES string of the molecule is COC(=O)CNC(=O)c1ccc(NC(=O)c2cccc(CN3CCCC3=O)c2)cc1. The van der Waals surface area contributed by atoms with E-state index >= 15 is 0 Å². The molecule has 8 heteroatoms. The fourth-order valence-corrected chi connectivity index (χ4v) is 3.14. The largest absolute Gasteiger partial charge is 0.468 e. The van der Waals surface area contributed by atoms with Gasteiger partial charge in [0, 0.05) is 36.3 Å². The molecule has 2 N–H and O–H groups in total. The van der Waals surface area contributed by atoms with Crippen LogP contribution in [0.4, 0.5) is 5.69 Å². The van der Waals surface area contributed by atoms with Crippen molar-refractivity contribution >= 4 is 29.4 Å². The van der Waals surface area contributed by atoms with Crippen LogP contribution in [-0.4, -0.2) is 48.8 Å². The first kappa shape index (κ1) is 21.0. The molecule has 2 aromatic rings. The molecule has 1 heterocycles. The summed E-state index contributed by atoms with van der Waals surface area (Å²) in [7, 11) is 1.24. The molecule has 0 aromatic heterocycles. The quantitative estimate of drug-likeness (QED) is 0.681. The number of nitrogens with zero attached hydrogens (tertiary/aromatic N) is 1. The minimum absolute atomic E-state index is 0.139. The molecule has 1 aliphatic rings. The van der Waals surface area contributed by atoms with E-state index in [0.717, 1.165) is 18.5 Å². The predicted molar refractivity (Wildman–Crippen MR) is 110 cm³/mol. The summed E-state index contributed by atoms with van der Waals surface area (Å²) in [6.07, 6.45) is 1.45. The van der Waals surface area contributed by atoms with Crippen LogP contribution in [0, 0.1) is 0 Å². The molecule has 0 atom stereocenters. The molecule has 0 saturated carbocycles. The molecule has 0 radical (unpaired) electrons. The lowest BCUT2D eigenvalue weighted by molar-refractivity contribution is -0.139. The van der Waals surface area contributed by atoms with Crippen molar-refractivity contribution in [3.63, 3.8) is 0 Å². The van der Waals surface area contributed by atoms with Crippen molar-refractivity contribution in [2.75, 3.05) is 25.5 Å². The Labute approximate surface area is 174 Å². The smallest absolute Gasteiger partial charge is 0.325 e. The van der Waals surface area contributed by atoms with Gasteiger partial charge >= 0.3 is 5.97 Å². The number of hydrogen-bond acceptors (Lipinski definition) is 5. The minimum Gasteiger partial charge on any atom is -0.468 e. The molecule has 8 nitrogen and oxygen atoms in total. The third kappa shape index (κ3) is 5.44. The first-order valence-electron chi connectivity index (χ1n) is 9.59. The summed E-state index contributed by atoms with van der Waals surface area (Å²) in [5, 5.41) is 5.23. The summed E-state index contributed by atoms with van der Waals surface area (Å²) in [5.74, 6) is -1.10. The maximum atomic E-state index is 12.6. The van der Waals surface area contributed by atoms with Crippen molar-refractivity contribution < 1.29 is 23.9 Å². The Hall–Kier alpha value is -3.68. The van der Waals surface area contributed by atoms with E-state index in [1.54, 1.807) is 47.4 Å².